The average molecular weight is 578 g/mol. The van der Waals surface area contributed by atoms with E-state index in [9.17, 15) is 9.59 Å². The second kappa shape index (κ2) is 13.7. The Hall–Kier alpha value is -3.15. The van der Waals surface area contributed by atoms with Crippen LogP contribution in [0.1, 0.15) is 51.3 Å². The minimum Gasteiger partial charge on any atom is -1.00 e. The van der Waals surface area contributed by atoms with Crippen LogP contribution in [-0.4, -0.2) is 30.8 Å². The third-order valence-electron chi connectivity index (χ3n) is 6.52. The molecule has 41 heavy (non-hydrogen) atoms. The molecule has 0 saturated carbocycles. The Balaban J connectivity index is 0.00000242. The fraction of sp³-hybridized carbons (Fsp3) is 0.258. The first-order valence-electron chi connectivity index (χ1n) is 13.3. The maximum atomic E-state index is 13.9. The van der Waals surface area contributed by atoms with Crippen molar-refractivity contribution in [1.29, 1.82) is 0 Å². The number of aromatic nitrogens is 5. The predicted octanol–water partition coefficient (Wildman–Crippen LogP) is 2.39. The Kier molecular flexibility index (Phi) is 10.3. The molecular weight excluding hydrogens is 545 g/mol. The van der Waals surface area contributed by atoms with Gasteiger partial charge in [-0.25, -0.2) is 14.8 Å². The SMILES string of the molecule is CCCc1nc(C)n(-c2ccc(OC(C)C)nc2)c(=O)c1Cc1ccc(-c2ccccc2-c2noc(=O)[nH]2)cc1.[H-].[K+]. The molecule has 2 aromatic carbocycles. The largest absolute Gasteiger partial charge is 1.00 e. The Morgan fingerprint density at radius 3 is 2.37 bits per heavy atom. The molecule has 0 aliphatic rings. The second-order valence-electron chi connectivity index (χ2n) is 9.86. The Morgan fingerprint density at radius 2 is 1.76 bits per heavy atom. The van der Waals surface area contributed by atoms with Crippen molar-refractivity contribution in [3.05, 3.63) is 110 Å². The van der Waals surface area contributed by atoms with Crippen molar-refractivity contribution < 1.29 is 62.1 Å². The molecule has 206 valence electrons. The van der Waals surface area contributed by atoms with Gasteiger partial charge in [0.1, 0.15) is 5.82 Å². The molecule has 0 aliphatic heterocycles. The zero-order valence-corrected chi connectivity index (χ0v) is 27.1. The Morgan fingerprint density at radius 1 is 1.02 bits per heavy atom. The van der Waals surface area contributed by atoms with Crippen LogP contribution < -0.4 is 67.4 Å². The van der Waals surface area contributed by atoms with Crippen LogP contribution >= 0.6 is 0 Å². The van der Waals surface area contributed by atoms with Gasteiger partial charge in [-0.2, -0.15) is 0 Å². The van der Waals surface area contributed by atoms with Crippen molar-refractivity contribution in [2.24, 2.45) is 0 Å². The zero-order chi connectivity index (χ0) is 28.2. The Labute approximate surface area is 281 Å². The van der Waals surface area contributed by atoms with Gasteiger partial charge in [0.25, 0.3) is 5.56 Å². The molecule has 5 rings (SSSR count). The number of aryl methyl sites for hydroxylation is 2. The minimum absolute atomic E-state index is 0. The normalized spacial score (nSPS) is 11.0. The molecule has 5 aromatic rings. The number of ether oxygens (including phenoxy) is 1. The first-order valence-corrected chi connectivity index (χ1v) is 13.3. The van der Waals surface area contributed by atoms with E-state index in [1.165, 1.54) is 0 Å². The summed E-state index contributed by atoms with van der Waals surface area (Å²) in [4.78, 5) is 37.2. The number of hydrogen-bond donors (Lipinski definition) is 1. The van der Waals surface area contributed by atoms with Gasteiger partial charge in [0.05, 0.1) is 23.7 Å². The van der Waals surface area contributed by atoms with Gasteiger partial charge in [-0.05, 0) is 49.9 Å². The molecule has 0 aliphatic carbocycles. The van der Waals surface area contributed by atoms with E-state index in [4.69, 9.17) is 14.2 Å². The quantitative estimate of drug-likeness (QED) is 0.268. The molecule has 10 heteroatoms. The summed E-state index contributed by atoms with van der Waals surface area (Å²) in [7, 11) is 0. The van der Waals surface area contributed by atoms with E-state index in [1.807, 2.05) is 75.4 Å². The van der Waals surface area contributed by atoms with Crippen LogP contribution in [0.25, 0.3) is 28.2 Å². The summed E-state index contributed by atoms with van der Waals surface area (Å²) >= 11 is 0. The number of nitrogens with one attached hydrogen (secondary N) is 1. The van der Waals surface area contributed by atoms with Crippen molar-refractivity contribution in [1.82, 2.24) is 24.7 Å². The van der Waals surface area contributed by atoms with Crippen LogP contribution in [0.3, 0.4) is 0 Å². The van der Waals surface area contributed by atoms with E-state index in [0.717, 1.165) is 34.4 Å². The van der Waals surface area contributed by atoms with Crippen molar-refractivity contribution in [3.63, 3.8) is 0 Å². The monoisotopic (exact) mass is 577 g/mol. The van der Waals surface area contributed by atoms with Crippen molar-refractivity contribution in [3.8, 4) is 34.1 Å². The van der Waals surface area contributed by atoms with E-state index in [-0.39, 0.29) is 64.5 Å². The van der Waals surface area contributed by atoms with Gasteiger partial charge >= 0.3 is 57.1 Å². The van der Waals surface area contributed by atoms with E-state index in [0.29, 0.717) is 41.6 Å². The first kappa shape index (κ1) is 30.8. The van der Waals surface area contributed by atoms with Crippen LogP contribution in [0.4, 0.5) is 0 Å². The number of pyridine rings is 1. The topological polar surface area (TPSA) is 116 Å². The molecule has 0 saturated heterocycles. The first-order chi connectivity index (χ1) is 19.3. The van der Waals surface area contributed by atoms with Crippen LogP contribution in [-0.2, 0) is 12.8 Å². The minimum atomic E-state index is -0.601. The number of benzene rings is 2. The van der Waals surface area contributed by atoms with Crippen molar-refractivity contribution >= 4 is 0 Å². The van der Waals surface area contributed by atoms with E-state index in [2.05, 4.69) is 22.0 Å². The summed E-state index contributed by atoms with van der Waals surface area (Å²) in [6, 6.07) is 19.3. The summed E-state index contributed by atoms with van der Waals surface area (Å²) in [6.07, 6.45) is 3.70. The van der Waals surface area contributed by atoms with Crippen LogP contribution in [0, 0.1) is 6.92 Å². The molecule has 3 aromatic heterocycles. The molecular formula is C31H32KN5O4. The van der Waals surface area contributed by atoms with Gasteiger partial charge in [-0.1, -0.05) is 67.0 Å². The smallest absolute Gasteiger partial charge is 1.00 e. The van der Waals surface area contributed by atoms with Crippen LogP contribution in [0.2, 0.25) is 0 Å². The number of nitrogens with zero attached hydrogens (tertiary/aromatic N) is 4. The van der Waals surface area contributed by atoms with E-state index in [1.54, 1.807) is 16.8 Å². The number of H-pyrrole nitrogens is 1. The number of rotatable bonds is 9. The number of aromatic amines is 1. The Bertz CT molecular complexity index is 1750. The molecule has 1 N–H and O–H groups in total. The molecule has 9 nitrogen and oxygen atoms in total. The molecule has 0 spiro atoms. The van der Waals surface area contributed by atoms with E-state index < -0.39 is 5.76 Å². The molecule has 0 atom stereocenters. The molecule has 0 fully saturated rings. The van der Waals surface area contributed by atoms with Crippen molar-refractivity contribution in [2.45, 2.75) is 53.1 Å². The van der Waals surface area contributed by atoms with Crippen molar-refractivity contribution in [2.75, 3.05) is 0 Å². The molecule has 0 bridgehead atoms. The molecule has 0 unspecified atom stereocenters. The van der Waals surface area contributed by atoms with Gasteiger partial charge in [0.2, 0.25) is 5.88 Å². The summed E-state index contributed by atoms with van der Waals surface area (Å²) in [5, 5.41) is 3.84. The summed E-state index contributed by atoms with van der Waals surface area (Å²) < 4.78 is 12.0. The molecule has 0 amide bonds. The summed E-state index contributed by atoms with van der Waals surface area (Å²) in [6.45, 7) is 7.81. The third-order valence-corrected chi connectivity index (χ3v) is 6.52. The van der Waals surface area contributed by atoms with Gasteiger partial charge in [-0.3, -0.25) is 18.9 Å². The standard InChI is InChI=1S/C31H31N5O4.K.H/c1-5-8-27-26(30(37)36(20(4)33-27)23-15-16-28(32-18-23)39-19(2)3)17-21-11-13-22(14-12-21)24-9-6-7-10-25(24)29-34-31(38)40-35-29;;/h6-7,9-16,18-19H,5,8,17H2,1-4H3,(H,34,35,38);;/q;+1;-1. The summed E-state index contributed by atoms with van der Waals surface area (Å²) in [5.74, 6) is 0.903. The van der Waals surface area contributed by atoms with E-state index >= 15 is 0 Å². The van der Waals surface area contributed by atoms with Gasteiger partial charge in [0.15, 0.2) is 5.82 Å². The maximum Gasteiger partial charge on any atom is 1.00 e. The van der Waals surface area contributed by atoms with Crippen LogP contribution in [0.15, 0.2) is 81.0 Å². The van der Waals surface area contributed by atoms with Crippen LogP contribution in [0.5, 0.6) is 5.88 Å². The average Bonchev–Trinajstić information content (AvgIpc) is 3.38. The summed E-state index contributed by atoms with van der Waals surface area (Å²) in [5.41, 5.74) is 5.64. The maximum absolute atomic E-state index is 13.9. The molecule has 0 radical (unpaired) electrons. The fourth-order valence-electron chi connectivity index (χ4n) is 4.75. The number of hydrogen-bond acceptors (Lipinski definition) is 7. The zero-order valence-electron chi connectivity index (χ0n) is 25.0. The van der Waals surface area contributed by atoms with Gasteiger partial charge < -0.3 is 6.16 Å². The van der Waals surface area contributed by atoms with Gasteiger partial charge in [-0.15, -0.1) is 0 Å². The third kappa shape index (κ3) is 7.02. The predicted molar refractivity (Wildman–Crippen MR) is 154 cm³/mol. The second-order valence-corrected chi connectivity index (χ2v) is 9.86. The molecule has 3 heterocycles. The fourth-order valence-corrected chi connectivity index (χ4v) is 4.75. The van der Waals surface area contributed by atoms with Gasteiger partial charge in [0, 0.05) is 23.6 Å².